The lowest BCUT2D eigenvalue weighted by Gasteiger charge is -2.16. The average molecular weight is 289 g/mol. The van der Waals surface area contributed by atoms with Crippen LogP contribution < -0.4 is 5.32 Å². The van der Waals surface area contributed by atoms with Gasteiger partial charge in [0.25, 0.3) is 5.91 Å². The van der Waals surface area contributed by atoms with Crippen LogP contribution >= 0.6 is 0 Å². The Labute approximate surface area is 120 Å². The van der Waals surface area contributed by atoms with E-state index in [1.54, 1.807) is 12.1 Å². The van der Waals surface area contributed by atoms with Crippen LogP contribution in [-0.2, 0) is 4.79 Å². The molecule has 2 aromatic rings. The number of carboxylic acids is 1. The lowest BCUT2D eigenvalue weighted by Crippen LogP contribution is -2.47. The largest absolute Gasteiger partial charge is 0.480 e. The number of aromatic nitrogens is 2. The van der Waals surface area contributed by atoms with Gasteiger partial charge in [0.2, 0.25) is 0 Å². The van der Waals surface area contributed by atoms with Crippen molar-refractivity contribution in [2.45, 2.75) is 19.1 Å². The fourth-order valence-corrected chi connectivity index (χ4v) is 1.89. The van der Waals surface area contributed by atoms with E-state index in [2.05, 4.69) is 15.5 Å². The highest BCUT2D eigenvalue weighted by Gasteiger charge is 2.27. The quantitative estimate of drug-likeness (QED) is 0.644. The molecule has 2 atom stereocenters. The maximum Gasteiger partial charge on any atom is 0.328 e. The van der Waals surface area contributed by atoms with E-state index in [0.29, 0.717) is 5.69 Å². The second kappa shape index (κ2) is 6.19. The molecule has 4 N–H and O–H groups in total. The van der Waals surface area contributed by atoms with E-state index in [1.165, 1.54) is 13.1 Å². The van der Waals surface area contributed by atoms with Crippen LogP contribution in [0.25, 0.3) is 11.3 Å². The molecule has 0 bridgehead atoms. The van der Waals surface area contributed by atoms with E-state index in [-0.39, 0.29) is 5.56 Å². The zero-order valence-corrected chi connectivity index (χ0v) is 11.3. The highest BCUT2D eigenvalue weighted by molar-refractivity contribution is 6.01. The Morgan fingerprint density at radius 2 is 1.95 bits per heavy atom. The molecule has 0 aliphatic carbocycles. The van der Waals surface area contributed by atoms with Crippen LogP contribution in [0, 0.1) is 0 Å². The Balaban J connectivity index is 2.25. The molecule has 7 nitrogen and oxygen atoms in total. The van der Waals surface area contributed by atoms with Gasteiger partial charge in [-0.05, 0) is 6.92 Å². The average Bonchev–Trinajstić information content (AvgIpc) is 2.94. The number of nitrogens with zero attached hydrogens (tertiary/aromatic N) is 1. The Bertz CT molecular complexity index is 637. The predicted molar refractivity (Wildman–Crippen MR) is 74.6 cm³/mol. The first-order valence-corrected chi connectivity index (χ1v) is 6.31. The van der Waals surface area contributed by atoms with Crippen molar-refractivity contribution in [3.63, 3.8) is 0 Å². The molecule has 0 radical (unpaired) electrons. The molecule has 1 aromatic heterocycles. The highest BCUT2D eigenvalue weighted by Crippen LogP contribution is 2.20. The molecule has 0 spiro atoms. The lowest BCUT2D eigenvalue weighted by atomic mass is 10.1. The van der Waals surface area contributed by atoms with Crippen molar-refractivity contribution in [3.05, 3.63) is 42.1 Å². The number of carbonyl (C=O) groups is 2. The van der Waals surface area contributed by atoms with Crippen LogP contribution in [0.3, 0.4) is 0 Å². The first kappa shape index (κ1) is 14.7. The maximum atomic E-state index is 12.2. The lowest BCUT2D eigenvalue weighted by molar-refractivity contribution is -0.141. The molecule has 110 valence electrons. The molecule has 0 fully saturated rings. The monoisotopic (exact) mass is 289 g/mol. The molecule has 0 saturated carbocycles. The van der Waals surface area contributed by atoms with Gasteiger partial charge in [0.1, 0.15) is 0 Å². The standard InChI is InChI=1S/C14H15N3O4/c1-8(18)11(14(20)21)16-13(19)10-7-15-17-12(10)9-5-3-2-4-6-9/h2-8,11,18H,1H3,(H,15,17)(H,16,19)(H,20,21)/t8-,11+/m1/s1. The van der Waals surface area contributed by atoms with Crippen LogP contribution in [0.5, 0.6) is 0 Å². The van der Waals surface area contributed by atoms with Gasteiger partial charge in [0.15, 0.2) is 6.04 Å². The van der Waals surface area contributed by atoms with Crippen molar-refractivity contribution in [1.82, 2.24) is 15.5 Å². The normalized spacial score (nSPS) is 13.4. The number of rotatable bonds is 5. The predicted octanol–water partition coefficient (Wildman–Crippen LogP) is 0.640. The van der Waals surface area contributed by atoms with Gasteiger partial charge in [0, 0.05) is 5.56 Å². The summed E-state index contributed by atoms with van der Waals surface area (Å²) < 4.78 is 0. The third-order valence-corrected chi connectivity index (χ3v) is 2.98. The van der Waals surface area contributed by atoms with Gasteiger partial charge in [-0.1, -0.05) is 30.3 Å². The fraction of sp³-hybridized carbons (Fsp3) is 0.214. The van der Waals surface area contributed by atoms with Gasteiger partial charge in [0.05, 0.1) is 23.6 Å². The smallest absolute Gasteiger partial charge is 0.328 e. The fourth-order valence-electron chi connectivity index (χ4n) is 1.89. The summed E-state index contributed by atoms with van der Waals surface area (Å²) in [5.41, 5.74) is 1.46. The van der Waals surface area contributed by atoms with Crippen LogP contribution in [0.2, 0.25) is 0 Å². The number of amides is 1. The van der Waals surface area contributed by atoms with Crippen molar-refractivity contribution in [2.75, 3.05) is 0 Å². The van der Waals surface area contributed by atoms with E-state index in [0.717, 1.165) is 5.56 Å². The number of hydrogen-bond donors (Lipinski definition) is 4. The Morgan fingerprint density at radius 1 is 1.29 bits per heavy atom. The van der Waals surface area contributed by atoms with Gasteiger partial charge in [-0.2, -0.15) is 5.10 Å². The first-order chi connectivity index (χ1) is 10.0. The number of hydrogen-bond acceptors (Lipinski definition) is 4. The van der Waals surface area contributed by atoms with Gasteiger partial charge >= 0.3 is 5.97 Å². The SMILES string of the molecule is C[C@@H](O)[C@H](NC(=O)c1cn[nH]c1-c1ccccc1)C(=O)O. The molecular weight excluding hydrogens is 274 g/mol. The first-order valence-electron chi connectivity index (χ1n) is 6.31. The number of aliphatic hydroxyl groups excluding tert-OH is 1. The molecule has 1 aromatic carbocycles. The minimum absolute atomic E-state index is 0.216. The zero-order chi connectivity index (χ0) is 15.4. The number of benzene rings is 1. The molecule has 2 rings (SSSR count). The second-order valence-electron chi connectivity index (χ2n) is 4.55. The summed E-state index contributed by atoms with van der Waals surface area (Å²) in [6, 6.07) is 7.69. The van der Waals surface area contributed by atoms with Crippen LogP contribution in [0.1, 0.15) is 17.3 Å². The summed E-state index contributed by atoms with van der Waals surface area (Å²) in [7, 11) is 0. The summed E-state index contributed by atoms with van der Waals surface area (Å²) in [5.74, 6) is -1.92. The summed E-state index contributed by atoms with van der Waals surface area (Å²) >= 11 is 0. The molecule has 0 aliphatic heterocycles. The number of aliphatic carboxylic acids is 1. The minimum Gasteiger partial charge on any atom is -0.480 e. The van der Waals surface area contributed by atoms with Crippen LogP contribution in [0.4, 0.5) is 0 Å². The molecule has 7 heteroatoms. The van der Waals surface area contributed by atoms with Crippen molar-refractivity contribution in [3.8, 4) is 11.3 Å². The van der Waals surface area contributed by atoms with E-state index in [4.69, 9.17) is 5.11 Å². The third kappa shape index (κ3) is 3.26. The van der Waals surface area contributed by atoms with Crippen LogP contribution in [-0.4, -0.2) is 44.4 Å². The minimum atomic E-state index is -1.38. The maximum absolute atomic E-state index is 12.2. The summed E-state index contributed by atoms with van der Waals surface area (Å²) in [6.07, 6.45) is 0.108. The van der Waals surface area contributed by atoms with Crippen LogP contribution in [0.15, 0.2) is 36.5 Å². The molecule has 0 saturated heterocycles. The molecule has 0 aliphatic rings. The van der Waals surface area contributed by atoms with Gasteiger partial charge in [-0.25, -0.2) is 4.79 Å². The Kier molecular flexibility index (Phi) is 4.34. The van der Waals surface area contributed by atoms with Gasteiger partial charge in [-0.15, -0.1) is 0 Å². The van der Waals surface area contributed by atoms with E-state index < -0.39 is 24.0 Å². The number of H-pyrrole nitrogens is 1. The molecule has 1 amide bonds. The Morgan fingerprint density at radius 3 is 2.52 bits per heavy atom. The third-order valence-electron chi connectivity index (χ3n) is 2.98. The number of nitrogens with one attached hydrogen (secondary N) is 2. The summed E-state index contributed by atoms with van der Waals surface area (Å²) in [6.45, 7) is 1.30. The van der Waals surface area contributed by atoms with Crippen molar-refractivity contribution in [1.29, 1.82) is 0 Å². The Hall–Kier alpha value is -2.67. The number of carbonyl (C=O) groups excluding carboxylic acids is 1. The van der Waals surface area contributed by atoms with Gasteiger partial charge < -0.3 is 15.5 Å². The van der Waals surface area contributed by atoms with E-state index in [9.17, 15) is 14.7 Å². The van der Waals surface area contributed by atoms with E-state index in [1.807, 2.05) is 18.2 Å². The topological polar surface area (TPSA) is 115 Å². The highest BCUT2D eigenvalue weighted by atomic mass is 16.4. The van der Waals surface area contributed by atoms with Gasteiger partial charge in [-0.3, -0.25) is 9.89 Å². The number of aliphatic hydroxyl groups is 1. The zero-order valence-electron chi connectivity index (χ0n) is 11.3. The number of aromatic amines is 1. The second-order valence-corrected chi connectivity index (χ2v) is 4.55. The summed E-state index contributed by atoms with van der Waals surface area (Å²) in [5, 5.41) is 27.2. The summed E-state index contributed by atoms with van der Waals surface area (Å²) in [4.78, 5) is 23.2. The molecule has 21 heavy (non-hydrogen) atoms. The van der Waals surface area contributed by atoms with Crippen molar-refractivity contribution < 1.29 is 19.8 Å². The molecular formula is C14H15N3O4. The number of carboxylic acid groups (broad SMARTS) is 1. The van der Waals surface area contributed by atoms with E-state index >= 15 is 0 Å². The molecule has 0 unspecified atom stereocenters. The van der Waals surface area contributed by atoms with Crippen molar-refractivity contribution >= 4 is 11.9 Å². The molecule has 1 heterocycles. The van der Waals surface area contributed by atoms with Crippen molar-refractivity contribution in [2.24, 2.45) is 0 Å².